The molecule has 1 saturated heterocycles. The van der Waals surface area contributed by atoms with E-state index in [1.807, 2.05) is 0 Å². The first-order chi connectivity index (χ1) is 3.58. The van der Waals surface area contributed by atoms with Crippen molar-refractivity contribution < 1.29 is 9.22 Å². The third kappa shape index (κ3) is 2.28. The van der Waals surface area contributed by atoms with Gasteiger partial charge in [-0.3, -0.25) is 0 Å². The molecule has 0 radical (unpaired) electrons. The monoisotopic (exact) mass is 117 g/mol. The van der Waals surface area contributed by atoms with E-state index in [0.29, 0.717) is 6.10 Å². The summed E-state index contributed by atoms with van der Waals surface area (Å²) in [5, 5.41) is 0. The van der Waals surface area contributed by atoms with Gasteiger partial charge in [-0.2, -0.15) is 0 Å². The third-order valence-electron chi connectivity index (χ3n) is 1.20. The second kappa shape index (κ2) is 1.71. The standard InChI is InChI=1S/C6H14NO/c1-7(2,3)4-6-5-8-6/h6H,4-5H2,1-3H3/q+1/p+1. The van der Waals surface area contributed by atoms with Gasteiger partial charge >= 0.3 is 0 Å². The van der Waals surface area contributed by atoms with E-state index >= 15 is 0 Å². The van der Waals surface area contributed by atoms with Gasteiger partial charge in [0.05, 0.1) is 21.1 Å². The topological polar surface area (TPSA) is 12.8 Å². The van der Waals surface area contributed by atoms with Crippen LogP contribution in [0.25, 0.3) is 0 Å². The van der Waals surface area contributed by atoms with E-state index < -0.39 is 0 Å². The van der Waals surface area contributed by atoms with Crippen LogP contribution in [-0.4, -0.2) is 49.6 Å². The number of nitrogens with zero attached hydrogens (tertiary/aromatic N) is 1. The van der Waals surface area contributed by atoms with Gasteiger partial charge in [0.2, 0.25) is 6.61 Å². The van der Waals surface area contributed by atoms with Crippen LogP contribution in [0.15, 0.2) is 0 Å². The summed E-state index contributed by atoms with van der Waals surface area (Å²) in [6.07, 6.45) is 0.690. The molecule has 0 spiro atoms. The maximum atomic E-state index is 4.17. The van der Waals surface area contributed by atoms with Crippen LogP contribution < -0.4 is 0 Å². The summed E-state index contributed by atoms with van der Waals surface area (Å²) in [5.74, 6) is 0. The molecule has 0 bridgehead atoms. The molecule has 1 rings (SSSR count). The zero-order valence-electron chi connectivity index (χ0n) is 5.89. The van der Waals surface area contributed by atoms with E-state index in [0.717, 1.165) is 11.1 Å². The Morgan fingerprint density at radius 2 is 2.00 bits per heavy atom. The van der Waals surface area contributed by atoms with Crippen molar-refractivity contribution in [3.05, 3.63) is 0 Å². The lowest BCUT2D eigenvalue weighted by molar-refractivity contribution is -0.871. The quantitative estimate of drug-likeness (QED) is 0.265. The summed E-state index contributed by atoms with van der Waals surface area (Å²) >= 11 is 0. The van der Waals surface area contributed by atoms with Crippen molar-refractivity contribution in [1.29, 1.82) is 0 Å². The maximum Gasteiger partial charge on any atom is 0.273 e. The Balaban J connectivity index is 2.16. The summed E-state index contributed by atoms with van der Waals surface area (Å²) < 4.78 is 5.22. The van der Waals surface area contributed by atoms with Crippen molar-refractivity contribution in [1.82, 2.24) is 0 Å². The average Bonchev–Trinajstić information content (AvgIpc) is 2.12. The van der Waals surface area contributed by atoms with E-state index in [-0.39, 0.29) is 0 Å². The molecular formula is C6H15NO+2. The Hall–Kier alpha value is -0.0800. The molecule has 1 fully saturated rings. The molecular weight excluding hydrogens is 102 g/mol. The van der Waals surface area contributed by atoms with Crippen LogP contribution in [0.3, 0.4) is 0 Å². The molecule has 1 atom stereocenters. The molecule has 1 N–H and O–H groups in total. The minimum Gasteiger partial charge on any atom is -0.415 e. The first-order valence-corrected chi connectivity index (χ1v) is 3.05. The van der Waals surface area contributed by atoms with Crippen LogP contribution in [0, 0.1) is 0 Å². The lowest BCUT2D eigenvalue weighted by Gasteiger charge is -2.20. The number of epoxide rings is 1. The SMILES string of the molecule is C[N+](C)(C)CC1C[OH+]1. The molecule has 1 unspecified atom stereocenters. The van der Waals surface area contributed by atoms with Crippen molar-refractivity contribution in [3.63, 3.8) is 0 Å². The van der Waals surface area contributed by atoms with Crippen molar-refractivity contribution in [2.45, 2.75) is 6.10 Å². The fraction of sp³-hybridized carbons (Fsp3) is 1.00. The summed E-state index contributed by atoms with van der Waals surface area (Å²) in [6.45, 7) is 2.32. The van der Waals surface area contributed by atoms with Gasteiger partial charge in [0.15, 0.2) is 6.54 Å². The van der Waals surface area contributed by atoms with Crippen LogP contribution in [0.2, 0.25) is 0 Å². The molecule has 0 aromatic carbocycles. The predicted molar refractivity (Wildman–Crippen MR) is 33.8 cm³/mol. The molecule has 2 nitrogen and oxygen atoms in total. The maximum absolute atomic E-state index is 4.17. The summed E-state index contributed by atoms with van der Waals surface area (Å²) in [6, 6.07) is 0. The van der Waals surface area contributed by atoms with Crippen molar-refractivity contribution in [2.75, 3.05) is 34.3 Å². The molecule has 1 aliphatic heterocycles. The Bertz CT molecular complexity index is 81.0. The lowest BCUT2D eigenvalue weighted by atomic mass is 10.4. The molecule has 0 aromatic rings. The molecule has 0 amide bonds. The second-order valence-corrected chi connectivity index (χ2v) is 3.49. The number of quaternary nitrogens is 1. The van der Waals surface area contributed by atoms with E-state index in [9.17, 15) is 0 Å². The minimum absolute atomic E-state index is 0.690. The van der Waals surface area contributed by atoms with Crippen LogP contribution >= 0.6 is 0 Å². The van der Waals surface area contributed by atoms with Crippen molar-refractivity contribution >= 4 is 0 Å². The summed E-state index contributed by atoms with van der Waals surface area (Å²) in [4.78, 5) is 0. The largest absolute Gasteiger partial charge is 0.415 e. The highest BCUT2D eigenvalue weighted by Crippen LogP contribution is 2.07. The molecule has 0 aliphatic carbocycles. The normalized spacial score (nSPS) is 28.1. The highest BCUT2D eigenvalue weighted by atomic mass is 16.6. The Labute approximate surface area is 50.6 Å². The molecule has 0 aromatic heterocycles. The number of rotatable bonds is 2. The number of aliphatic hydroxyl groups is 2. The van der Waals surface area contributed by atoms with Gasteiger partial charge in [-0.15, -0.1) is 0 Å². The fourth-order valence-electron chi connectivity index (χ4n) is 0.822. The van der Waals surface area contributed by atoms with Gasteiger partial charge in [-0.05, 0) is 0 Å². The zero-order chi connectivity index (χ0) is 6.20. The van der Waals surface area contributed by atoms with E-state index in [1.54, 1.807) is 0 Å². The molecule has 1 heterocycles. The van der Waals surface area contributed by atoms with Crippen molar-refractivity contribution in [3.8, 4) is 0 Å². The third-order valence-corrected chi connectivity index (χ3v) is 1.20. The summed E-state index contributed by atoms with van der Waals surface area (Å²) in [7, 11) is 6.61. The number of hydrogen-bond donors (Lipinski definition) is 0. The number of ether oxygens (including phenoxy) is 1. The van der Waals surface area contributed by atoms with Crippen LogP contribution in [0.5, 0.6) is 0 Å². The fourth-order valence-corrected chi connectivity index (χ4v) is 0.822. The first-order valence-electron chi connectivity index (χ1n) is 3.05. The highest BCUT2D eigenvalue weighted by Gasteiger charge is 2.36. The van der Waals surface area contributed by atoms with Crippen LogP contribution in [-0.2, 0) is 0 Å². The van der Waals surface area contributed by atoms with Crippen LogP contribution in [0.1, 0.15) is 0 Å². The number of hydrogen-bond acceptors (Lipinski definition) is 0. The molecule has 8 heavy (non-hydrogen) atoms. The Morgan fingerprint density at radius 1 is 1.50 bits per heavy atom. The van der Waals surface area contributed by atoms with Gasteiger partial charge in [0.1, 0.15) is 0 Å². The molecule has 0 saturated carbocycles. The molecule has 48 valence electrons. The van der Waals surface area contributed by atoms with Gasteiger partial charge in [0, 0.05) is 0 Å². The highest BCUT2D eigenvalue weighted by molar-refractivity contribution is 4.64. The molecule has 2 heteroatoms. The average molecular weight is 117 g/mol. The van der Waals surface area contributed by atoms with E-state index in [1.165, 1.54) is 6.54 Å². The smallest absolute Gasteiger partial charge is 0.273 e. The molecule has 1 aliphatic rings. The number of likely N-dealkylation sites (N-methyl/N-ethyl adjacent to an activating group) is 1. The lowest BCUT2D eigenvalue weighted by Crippen LogP contribution is -2.38. The van der Waals surface area contributed by atoms with Crippen molar-refractivity contribution in [2.24, 2.45) is 0 Å². The second-order valence-electron chi connectivity index (χ2n) is 3.49. The van der Waals surface area contributed by atoms with Gasteiger partial charge in [-0.1, -0.05) is 0 Å². The first kappa shape index (κ1) is 6.05. The van der Waals surface area contributed by atoms with E-state index in [2.05, 4.69) is 25.9 Å². The zero-order valence-corrected chi connectivity index (χ0v) is 5.89. The van der Waals surface area contributed by atoms with Crippen LogP contribution in [0.4, 0.5) is 0 Å². The van der Waals surface area contributed by atoms with Gasteiger partial charge < -0.3 is 9.22 Å². The summed E-state index contributed by atoms with van der Waals surface area (Å²) in [5.41, 5.74) is 0. The van der Waals surface area contributed by atoms with Gasteiger partial charge in [-0.25, -0.2) is 0 Å². The van der Waals surface area contributed by atoms with E-state index in [4.69, 9.17) is 0 Å². The Kier molecular flexibility index (Phi) is 1.29. The van der Waals surface area contributed by atoms with Gasteiger partial charge in [0.25, 0.3) is 6.10 Å². The predicted octanol–water partition coefficient (Wildman–Crippen LogP) is -0.397. The minimum atomic E-state index is 0.690. The Morgan fingerprint density at radius 3 is 2.12 bits per heavy atom.